The van der Waals surface area contributed by atoms with Crippen molar-refractivity contribution in [2.75, 3.05) is 20.1 Å². The van der Waals surface area contributed by atoms with Gasteiger partial charge in [-0.05, 0) is 78.1 Å². The number of aromatic nitrogens is 1. The molecule has 3 aromatic carbocycles. The van der Waals surface area contributed by atoms with Crippen LogP contribution >= 0.6 is 0 Å². The molecular formula is C34H38F2N4O4S. The number of sulfonamides is 1. The SMILES string of the molecule is CCc1cccc(CNCC(O)C(Cc2cc(F)cc(F)c2)NC(=O)c2ccc(S(=O)(=O)N(C)CCc3ccccn3)cc2)c1. The lowest BCUT2D eigenvalue weighted by Crippen LogP contribution is -2.48. The van der Waals surface area contributed by atoms with Gasteiger partial charge in [-0.1, -0.05) is 37.3 Å². The van der Waals surface area contributed by atoms with Crippen molar-refractivity contribution in [3.8, 4) is 0 Å². The molecule has 0 fully saturated rings. The number of aryl methyl sites for hydroxylation is 1. The molecule has 8 nitrogen and oxygen atoms in total. The highest BCUT2D eigenvalue weighted by atomic mass is 32.2. The van der Waals surface area contributed by atoms with E-state index in [-0.39, 0.29) is 35.5 Å². The Labute approximate surface area is 263 Å². The number of benzene rings is 3. The number of hydrogen-bond acceptors (Lipinski definition) is 6. The lowest BCUT2D eigenvalue weighted by Gasteiger charge is -2.25. The largest absolute Gasteiger partial charge is 0.390 e. The molecule has 4 rings (SSSR count). The summed E-state index contributed by atoms with van der Waals surface area (Å²) in [7, 11) is -2.34. The lowest BCUT2D eigenvalue weighted by atomic mass is 10.00. The summed E-state index contributed by atoms with van der Waals surface area (Å²) in [6.07, 6.45) is 1.83. The van der Waals surface area contributed by atoms with E-state index in [4.69, 9.17) is 0 Å². The van der Waals surface area contributed by atoms with Crippen LogP contribution in [-0.2, 0) is 35.8 Å². The quantitative estimate of drug-likeness (QED) is 0.180. The minimum atomic E-state index is -3.82. The molecule has 45 heavy (non-hydrogen) atoms. The highest BCUT2D eigenvalue weighted by Crippen LogP contribution is 2.17. The third kappa shape index (κ3) is 9.73. The first-order valence-electron chi connectivity index (χ1n) is 14.7. The molecule has 1 amide bonds. The van der Waals surface area contributed by atoms with E-state index >= 15 is 0 Å². The van der Waals surface area contributed by atoms with Gasteiger partial charge < -0.3 is 15.7 Å². The van der Waals surface area contributed by atoms with E-state index in [0.29, 0.717) is 13.0 Å². The van der Waals surface area contributed by atoms with Gasteiger partial charge >= 0.3 is 0 Å². The van der Waals surface area contributed by atoms with Gasteiger partial charge in [0.05, 0.1) is 17.0 Å². The first kappa shape index (κ1) is 33.9. The summed E-state index contributed by atoms with van der Waals surface area (Å²) in [6, 6.07) is 21.1. The van der Waals surface area contributed by atoms with Gasteiger partial charge in [-0.3, -0.25) is 9.78 Å². The van der Waals surface area contributed by atoms with Gasteiger partial charge in [0.25, 0.3) is 5.91 Å². The summed E-state index contributed by atoms with van der Waals surface area (Å²) in [4.78, 5) is 17.5. The van der Waals surface area contributed by atoms with Gasteiger partial charge in [0.2, 0.25) is 10.0 Å². The van der Waals surface area contributed by atoms with Crippen molar-refractivity contribution in [2.45, 2.75) is 49.8 Å². The van der Waals surface area contributed by atoms with E-state index in [1.165, 1.54) is 41.2 Å². The van der Waals surface area contributed by atoms with Crippen molar-refractivity contribution in [1.29, 1.82) is 0 Å². The minimum Gasteiger partial charge on any atom is -0.390 e. The molecule has 0 aliphatic carbocycles. The molecule has 0 spiro atoms. The average Bonchev–Trinajstić information content (AvgIpc) is 3.03. The summed E-state index contributed by atoms with van der Waals surface area (Å²) in [5, 5.41) is 17.0. The van der Waals surface area contributed by atoms with Gasteiger partial charge in [-0.15, -0.1) is 0 Å². The lowest BCUT2D eigenvalue weighted by molar-refractivity contribution is 0.0829. The maximum absolute atomic E-state index is 13.9. The maximum Gasteiger partial charge on any atom is 0.251 e. The van der Waals surface area contributed by atoms with E-state index in [1.807, 2.05) is 30.3 Å². The number of hydrogen-bond donors (Lipinski definition) is 3. The predicted octanol–water partition coefficient (Wildman–Crippen LogP) is 4.28. The number of halogens is 2. The van der Waals surface area contributed by atoms with Crippen LogP contribution in [0.3, 0.4) is 0 Å². The standard InChI is InChI=1S/C34H38F2N4O4S/c1-3-24-7-6-8-25(17-24)22-37-23-33(41)32(20-26-18-28(35)21-29(36)19-26)39-34(42)27-10-12-31(13-11-27)45(43,44)40(2)16-14-30-9-4-5-15-38-30/h4-13,15,17-19,21,32-33,37,41H,3,14,16,20,22-23H2,1-2H3,(H,39,42). The molecule has 11 heteroatoms. The molecule has 0 aliphatic rings. The molecule has 0 bridgehead atoms. The Morgan fingerprint density at radius 3 is 2.31 bits per heavy atom. The molecule has 0 aliphatic heterocycles. The smallest absolute Gasteiger partial charge is 0.251 e. The zero-order valence-electron chi connectivity index (χ0n) is 25.3. The molecule has 238 valence electrons. The van der Waals surface area contributed by atoms with Crippen LogP contribution in [0.4, 0.5) is 8.78 Å². The van der Waals surface area contributed by atoms with Crippen molar-refractivity contribution in [3.63, 3.8) is 0 Å². The summed E-state index contributed by atoms with van der Waals surface area (Å²) < 4.78 is 55.3. The van der Waals surface area contributed by atoms with Crippen LogP contribution in [0.1, 0.15) is 39.7 Å². The number of nitrogens with one attached hydrogen (secondary N) is 2. The Bertz CT molecular complexity index is 1650. The molecule has 0 saturated carbocycles. The van der Waals surface area contributed by atoms with Gasteiger partial charge in [-0.2, -0.15) is 0 Å². The molecule has 2 atom stereocenters. The molecular weight excluding hydrogens is 598 g/mol. The zero-order chi connectivity index (χ0) is 32.4. The molecule has 4 aromatic rings. The van der Waals surface area contributed by atoms with Crippen molar-refractivity contribution in [2.24, 2.45) is 0 Å². The van der Waals surface area contributed by atoms with Gasteiger partial charge in [0, 0.05) is 56.6 Å². The number of carbonyl (C=O) groups excluding carboxylic acids is 1. The molecule has 0 radical (unpaired) electrons. The molecule has 2 unspecified atom stereocenters. The van der Waals surface area contributed by atoms with E-state index in [9.17, 15) is 27.1 Å². The van der Waals surface area contributed by atoms with Crippen LogP contribution in [0.15, 0.2) is 96.0 Å². The van der Waals surface area contributed by atoms with Crippen LogP contribution in [0, 0.1) is 11.6 Å². The van der Waals surface area contributed by atoms with Crippen LogP contribution in [0.2, 0.25) is 0 Å². The van der Waals surface area contributed by atoms with Crippen LogP contribution < -0.4 is 10.6 Å². The van der Waals surface area contributed by atoms with Crippen LogP contribution in [-0.4, -0.2) is 61.0 Å². The molecule has 0 saturated heterocycles. The first-order chi connectivity index (χ1) is 21.5. The van der Waals surface area contributed by atoms with E-state index in [0.717, 1.165) is 35.9 Å². The topological polar surface area (TPSA) is 112 Å². The summed E-state index contributed by atoms with van der Waals surface area (Å²) in [5.41, 5.74) is 3.42. The van der Waals surface area contributed by atoms with Gasteiger partial charge in [-0.25, -0.2) is 21.5 Å². The van der Waals surface area contributed by atoms with E-state index in [2.05, 4.69) is 28.6 Å². The monoisotopic (exact) mass is 636 g/mol. The second-order valence-corrected chi connectivity index (χ2v) is 12.9. The second-order valence-electron chi connectivity index (χ2n) is 10.9. The zero-order valence-corrected chi connectivity index (χ0v) is 26.1. The predicted molar refractivity (Wildman–Crippen MR) is 169 cm³/mol. The Hall–Kier alpha value is -4.03. The van der Waals surface area contributed by atoms with Crippen molar-refractivity contribution in [1.82, 2.24) is 19.9 Å². The number of likely N-dealkylation sites (N-methyl/N-ethyl adjacent to an activating group) is 1. The van der Waals surface area contributed by atoms with Crippen molar-refractivity contribution >= 4 is 15.9 Å². The molecule has 1 heterocycles. The highest BCUT2D eigenvalue weighted by molar-refractivity contribution is 7.89. The van der Waals surface area contributed by atoms with Crippen molar-refractivity contribution < 1.29 is 27.1 Å². The third-order valence-corrected chi connectivity index (χ3v) is 9.35. The summed E-state index contributed by atoms with van der Waals surface area (Å²) >= 11 is 0. The maximum atomic E-state index is 13.9. The molecule has 3 N–H and O–H groups in total. The number of pyridine rings is 1. The first-order valence-corrected chi connectivity index (χ1v) is 16.2. The number of amides is 1. The number of nitrogens with zero attached hydrogens (tertiary/aromatic N) is 2. The van der Waals surface area contributed by atoms with Gasteiger partial charge in [0.1, 0.15) is 11.6 Å². The number of rotatable bonds is 15. The highest BCUT2D eigenvalue weighted by Gasteiger charge is 2.25. The summed E-state index contributed by atoms with van der Waals surface area (Å²) in [5.74, 6) is -2.10. The van der Waals surface area contributed by atoms with Gasteiger partial charge in [0.15, 0.2) is 0 Å². The third-order valence-electron chi connectivity index (χ3n) is 7.47. The fraction of sp³-hybridized carbons (Fsp3) is 0.294. The molecule has 1 aromatic heterocycles. The number of aliphatic hydroxyl groups excluding tert-OH is 1. The Kier molecular flexibility index (Phi) is 11.9. The Morgan fingerprint density at radius 2 is 1.64 bits per heavy atom. The fourth-order valence-electron chi connectivity index (χ4n) is 4.88. The number of aliphatic hydroxyl groups is 1. The Morgan fingerprint density at radius 1 is 0.933 bits per heavy atom. The van der Waals surface area contributed by atoms with Crippen molar-refractivity contribution in [3.05, 3.63) is 131 Å². The van der Waals surface area contributed by atoms with Crippen LogP contribution in [0.5, 0.6) is 0 Å². The average molecular weight is 637 g/mol. The number of carbonyl (C=O) groups is 1. The van der Waals surface area contributed by atoms with E-state index in [1.54, 1.807) is 12.3 Å². The minimum absolute atomic E-state index is 0.0192. The summed E-state index contributed by atoms with van der Waals surface area (Å²) in [6.45, 7) is 2.86. The normalized spacial score (nSPS) is 13.0. The second kappa shape index (κ2) is 15.8. The Balaban J connectivity index is 1.43. The fourth-order valence-corrected chi connectivity index (χ4v) is 6.05. The van der Waals surface area contributed by atoms with E-state index < -0.39 is 39.7 Å². The van der Waals surface area contributed by atoms with Crippen LogP contribution in [0.25, 0.3) is 0 Å².